The molecule has 0 fully saturated rings. The number of phenols is 1. The van der Waals surface area contributed by atoms with Gasteiger partial charge in [0.05, 0.1) is 16.6 Å². The van der Waals surface area contributed by atoms with Gasteiger partial charge in [0.1, 0.15) is 17.3 Å². The molecule has 0 saturated heterocycles. The maximum atomic E-state index is 13.8. The number of aromatic hydroxyl groups is 1. The Morgan fingerprint density at radius 1 is 1.28 bits per heavy atom. The van der Waals surface area contributed by atoms with Crippen LogP contribution in [0, 0.1) is 5.82 Å². The smallest absolute Gasteiger partial charge is 0.259 e. The molecule has 2 heterocycles. The van der Waals surface area contributed by atoms with Crippen molar-refractivity contribution in [3.05, 3.63) is 58.1 Å². The van der Waals surface area contributed by atoms with Crippen molar-refractivity contribution < 1.29 is 14.3 Å². The van der Waals surface area contributed by atoms with Crippen LogP contribution in [0.3, 0.4) is 0 Å². The minimum atomic E-state index is -0.500. The number of nitrogens with zero attached hydrogens (tertiary/aromatic N) is 2. The number of aliphatic imine (C=N–C) groups is 1. The highest BCUT2D eigenvalue weighted by Gasteiger charge is 2.21. The van der Waals surface area contributed by atoms with Gasteiger partial charge in [0, 0.05) is 48.4 Å². The first-order chi connectivity index (χ1) is 14.0. The van der Waals surface area contributed by atoms with E-state index in [0.29, 0.717) is 58.0 Å². The fourth-order valence-electron chi connectivity index (χ4n) is 3.29. The summed E-state index contributed by atoms with van der Waals surface area (Å²) in [5, 5.41) is 10.5. The highest BCUT2D eigenvalue weighted by molar-refractivity contribution is 7.99. The molecule has 6 nitrogen and oxygen atoms in total. The highest BCUT2D eigenvalue weighted by Crippen LogP contribution is 2.33. The van der Waals surface area contributed by atoms with E-state index in [4.69, 9.17) is 0 Å². The van der Waals surface area contributed by atoms with Gasteiger partial charge in [-0.25, -0.2) is 9.37 Å². The van der Waals surface area contributed by atoms with Crippen molar-refractivity contribution in [1.29, 1.82) is 0 Å². The number of Topliss-reactive ketones (excluding diaryl/α,β-unsaturated/α-hetero) is 1. The molecule has 0 spiro atoms. The molecule has 0 atom stereocenters. The van der Waals surface area contributed by atoms with Gasteiger partial charge in [0.15, 0.2) is 5.16 Å². The first kappa shape index (κ1) is 19.3. The van der Waals surface area contributed by atoms with Crippen molar-refractivity contribution >= 4 is 39.8 Å². The monoisotopic (exact) mass is 411 g/mol. The Kier molecular flexibility index (Phi) is 5.44. The van der Waals surface area contributed by atoms with Crippen LogP contribution in [0.15, 0.2) is 51.3 Å². The number of carbonyl (C=O) groups excluding carboxylic acids is 1. The van der Waals surface area contributed by atoms with E-state index in [-0.39, 0.29) is 23.5 Å². The molecule has 29 heavy (non-hydrogen) atoms. The molecule has 3 aromatic rings. The third-order valence-corrected chi connectivity index (χ3v) is 5.61. The predicted octanol–water partition coefficient (Wildman–Crippen LogP) is 3.93. The van der Waals surface area contributed by atoms with Gasteiger partial charge in [-0.05, 0) is 18.6 Å². The van der Waals surface area contributed by atoms with Gasteiger partial charge in [-0.3, -0.25) is 14.6 Å². The summed E-state index contributed by atoms with van der Waals surface area (Å²) in [5.41, 5.74) is 1.90. The summed E-state index contributed by atoms with van der Waals surface area (Å²) >= 11 is 1.40. The lowest BCUT2D eigenvalue weighted by atomic mass is 10.0. The van der Waals surface area contributed by atoms with Crippen molar-refractivity contribution in [2.24, 2.45) is 4.99 Å². The number of halogens is 1. The number of thioether (sulfide) groups is 1. The normalized spacial score (nSPS) is 12.8. The Hall–Kier alpha value is -3.00. The molecule has 0 saturated carbocycles. The van der Waals surface area contributed by atoms with Crippen molar-refractivity contribution in [1.82, 2.24) is 9.97 Å². The van der Waals surface area contributed by atoms with E-state index in [1.807, 2.05) is 6.07 Å². The number of hydrogen-bond donors (Lipinski definition) is 2. The second-order valence-electron chi connectivity index (χ2n) is 6.84. The van der Waals surface area contributed by atoms with E-state index >= 15 is 0 Å². The van der Waals surface area contributed by atoms with Crippen molar-refractivity contribution in [2.45, 2.75) is 30.8 Å². The van der Waals surface area contributed by atoms with Gasteiger partial charge in [-0.15, -0.1) is 0 Å². The number of phenolic OH excluding ortho intramolecular Hbond substituents is 1. The lowest BCUT2D eigenvalue weighted by Crippen LogP contribution is -2.10. The molecular weight excluding hydrogens is 393 g/mol. The van der Waals surface area contributed by atoms with Crippen LogP contribution in [-0.4, -0.2) is 32.3 Å². The predicted molar refractivity (Wildman–Crippen MR) is 111 cm³/mol. The van der Waals surface area contributed by atoms with Crippen LogP contribution in [0.4, 0.5) is 10.1 Å². The number of carbonyl (C=O) groups is 1. The SMILES string of the molecule is O=C(CCCSc1nc2ccccc2c(=O)[nH]1)CC1=Nc2cc(O)cc(F)c2C1. The molecule has 2 aromatic carbocycles. The molecule has 2 N–H and O–H groups in total. The summed E-state index contributed by atoms with van der Waals surface area (Å²) < 4.78 is 13.8. The zero-order chi connectivity index (χ0) is 20.4. The second kappa shape index (κ2) is 8.16. The van der Waals surface area contributed by atoms with Crippen LogP contribution >= 0.6 is 11.8 Å². The molecule has 0 aliphatic carbocycles. The Balaban J connectivity index is 1.27. The van der Waals surface area contributed by atoms with Crippen molar-refractivity contribution in [3.8, 4) is 5.75 Å². The molecule has 8 heteroatoms. The molecular formula is C21H18FN3O3S. The van der Waals surface area contributed by atoms with Crippen LogP contribution < -0.4 is 5.56 Å². The standard InChI is InChI=1S/C21H18FN3O3S/c22-17-10-14(27)11-19-16(17)9-12(23-19)8-13(26)4-3-7-29-21-24-18-6-2-1-5-15(18)20(28)25-21/h1-2,5-6,10-11,27H,3-4,7-9H2,(H,24,25,28). The van der Waals surface area contributed by atoms with Gasteiger partial charge in [-0.1, -0.05) is 23.9 Å². The Bertz CT molecular complexity index is 1190. The Morgan fingerprint density at radius 2 is 2.10 bits per heavy atom. The molecule has 0 unspecified atom stereocenters. The fourth-order valence-corrected chi connectivity index (χ4v) is 4.10. The third kappa shape index (κ3) is 4.37. The van der Waals surface area contributed by atoms with E-state index in [0.717, 1.165) is 6.07 Å². The fraction of sp³-hybridized carbons (Fsp3) is 0.238. The first-order valence-electron chi connectivity index (χ1n) is 9.21. The number of hydrogen-bond acceptors (Lipinski definition) is 6. The number of fused-ring (bicyclic) bond motifs is 2. The van der Waals surface area contributed by atoms with Crippen molar-refractivity contribution in [2.75, 3.05) is 5.75 Å². The zero-order valence-electron chi connectivity index (χ0n) is 15.4. The molecule has 0 radical (unpaired) electrons. The average Bonchev–Trinajstić information content (AvgIpc) is 3.08. The average molecular weight is 411 g/mol. The minimum absolute atomic E-state index is 0.0294. The van der Waals surface area contributed by atoms with Gasteiger partial charge in [-0.2, -0.15) is 0 Å². The summed E-state index contributed by atoms with van der Waals surface area (Å²) in [6.45, 7) is 0. The lowest BCUT2D eigenvalue weighted by Gasteiger charge is -2.03. The maximum absolute atomic E-state index is 13.8. The zero-order valence-corrected chi connectivity index (χ0v) is 16.3. The molecule has 1 aromatic heterocycles. The molecule has 148 valence electrons. The lowest BCUT2D eigenvalue weighted by molar-refractivity contribution is -0.117. The van der Waals surface area contributed by atoms with Crippen molar-refractivity contribution in [3.63, 3.8) is 0 Å². The molecule has 0 bridgehead atoms. The van der Waals surface area contributed by atoms with E-state index in [1.165, 1.54) is 17.8 Å². The van der Waals surface area contributed by atoms with Crippen LogP contribution in [-0.2, 0) is 11.2 Å². The van der Waals surface area contributed by atoms with Gasteiger partial charge < -0.3 is 10.1 Å². The number of ketones is 1. The number of aromatic amines is 1. The summed E-state index contributed by atoms with van der Waals surface area (Å²) in [6, 6.07) is 9.61. The summed E-state index contributed by atoms with van der Waals surface area (Å²) in [5.74, 6) is -0.00134. The topological polar surface area (TPSA) is 95.4 Å². The largest absolute Gasteiger partial charge is 0.508 e. The number of nitrogens with one attached hydrogen (secondary N) is 1. The van der Waals surface area contributed by atoms with E-state index in [9.17, 15) is 19.1 Å². The minimum Gasteiger partial charge on any atom is -0.508 e. The molecule has 0 amide bonds. The van der Waals surface area contributed by atoms with Crippen LogP contribution in [0.5, 0.6) is 5.75 Å². The molecule has 4 rings (SSSR count). The Labute approximate surface area is 169 Å². The van der Waals surface area contributed by atoms with Gasteiger partial charge in [0.2, 0.25) is 0 Å². The van der Waals surface area contributed by atoms with Crippen LogP contribution in [0.25, 0.3) is 10.9 Å². The van der Waals surface area contributed by atoms with Crippen LogP contribution in [0.2, 0.25) is 0 Å². The number of benzene rings is 2. The Morgan fingerprint density at radius 3 is 2.97 bits per heavy atom. The number of rotatable bonds is 7. The molecule has 1 aliphatic rings. The summed E-state index contributed by atoms with van der Waals surface area (Å²) in [4.78, 5) is 35.7. The van der Waals surface area contributed by atoms with Gasteiger partial charge >= 0.3 is 0 Å². The number of para-hydroxylation sites is 1. The number of H-pyrrole nitrogens is 1. The summed E-state index contributed by atoms with van der Waals surface area (Å²) in [6.07, 6.45) is 1.47. The maximum Gasteiger partial charge on any atom is 0.259 e. The molecule has 1 aliphatic heterocycles. The van der Waals surface area contributed by atoms with Gasteiger partial charge in [0.25, 0.3) is 5.56 Å². The van der Waals surface area contributed by atoms with E-state index < -0.39 is 5.82 Å². The third-order valence-electron chi connectivity index (χ3n) is 4.65. The second-order valence-corrected chi connectivity index (χ2v) is 7.92. The quantitative estimate of drug-likeness (QED) is 0.349. The van der Waals surface area contributed by atoms with Crippen LogP contribution in [0.1, 0.15) is 24.8 Å². The van der Waals surface area contributed by atoms with E-state index in [2.05, 4.69) is 15.0 Å². The number of aromatic nitrogens is 2. The highest BCUT2D eigenvalue weighted by atomic mass is 32.2. The first-order valence-corrected chi connectivity index (χ1v) is 10.2. The van der Waals surface area contributed by atoms with E-state index in [1.54, 1.807) is 18.2 Å². The summed E-state index contributed by atoms with van der Waals surface area (Å²) in [7, 11) is 0.